The van der Waals surface area contributed by atoms with Crippen molar-refractivity contribution in [2.45, 2.75) is 76.2 Å². The van der Waals surface area contributed by atoms with Gasteiger partial charge in [0.2, 0.25) is 0 Å². The first kappa shape index (κ1) is 32.8. The molecule has 46 heavy (non-hydrogen) atoms. The van der Waals surface area contributed by atoms with Crippen LogP contribution in [0.2, 0.25) is 5.02 Å². The summed E-state index contributed by atoms with van der Waals surface area (Å²) in [5.41, 5.74) is 3.71. The molecule has 3 atom stereocenters. The number of halogens is 5. The maximum Gasteiger partial charge on any atom is 0.341 e. The van der Waals surface area contributed by atoms with E-state index in [1.54, 1.807) is 6.92 Å². The first-order valence-corrected chi connectivity index (χ1v) is 16.8. The molecular formula is C35H41ClF4N4O2. The summed E-state index contributed by atoms with van der Waals surface area (Å²) in [6.45, 7) is 5.32. The predicted octanol–water partition coefficient (Wildman–Crippen LogP) is 8.77. The number of hydrogen-bond acceptors (Lipinski definition) is 5. The lowest BCUT2D eigenvalue weighted by atomic mass is 9.80. The van der Waals surface area contributed by atoms with Gasteiger partial charge in [0.05, 0.1) is 18.8 Å². The van der Waals surface area contributed by atoms with Gasteiger partial charge in [-0.15, -0.1) is 0 Å². The quantitative estimate of drug-likeness (QED) is 0.170. The van der Waals surface area contributed by atoms with Crippen LogP contribution in [-0.2, 0) is 4.74 Å². The minimum Gasteiger partial charge on any atom is -0.462 e. The fourth-order valence-electron chi connectivity index (χ4n) is 7.22. The standard InChI is InChI=1S/C35H41ClF4N4O2/c1-2-46-34(45)31-21-41-44(32(31)33(37)38)28-7-5-3-4-6-24(18-28)30-19-26(36)10-13-29(30)23-8-11-27(12-9-23)43-16-14-42(15-17-43)22-25-20-35(25,39)40/h8-13,19,21,24-25,28,33H,2-7,14-18,20,22H2,1H3. The number of alkyl halides is 4. The van der Waals surface area contributed by atoms with Crippen LogP contribution in [0.15, 0.2) is 48.7 Å². The molecule has 0 N–H and O–H groups in total. The Hall–Kier alpha value is -3.11. The van der Waals surface area contributed by atoms with Crippen LogP contribution >= 0.6 is 11.6 Å². The Labute approximate surface area is 272 Å². The van der Waals surface area contributed by atoms with Gasteiger partial charge in [0.1, 0.15) is 11.3 Å². The summed E-state index contributed by atoms with van der Waals surface area (Å²) in [6, 6.07) is 14.0. The fourth-order valence-corrected chi connectivity index (χ4v) is 7.40. The van der Waals surface area contributed by atoms with Crippen molar-refractivity contribution in [2.24, 2.45) is 5.92 Å². The van der Waals surface area contributed by atoms with Gasteiger partial charge in [0.25, 0.3) is 12.3 Å². The Balaban J connectivity index is 1.21. The molecule has 0 radical (unpaired) electrons. The van der Waals surface area contributed by atoms with Crippen molar-refractivity contribution in [1.29, 1.82) is 0 Å². The normalized spacial score (nSPS) is 23.6. The van der Waals surface area contributed by atoms with Gasteiger partial charge >= 0.3 is 5.97 Å². The molecule has 248 valence electrons. The number of carbonyl (C=O) groups is 1. The van der Waals surface area contributed by atoms with Crippen molar-refractivity contribution in [3.05, 3.63) is 70.5 Å². The summed E-state index contributed by atoms with van der Waals surface area (Å²) in [6.07, 6.45) is 3.40. The van der Waals surface area contributed by atoms with E-state index in [0.29, 0.717) is 24.4 Å². The van der Waals surface area contributed by atoms with Crippen LogP contribution in [0.1, 0.15) is 91.9 Å². The molecule has 2 saturated carbocycles. The molecule has 0 bridgehead atoms. The molecule has 2 heterocycles. The number of nitrogens with zero attached hydrogens (tertiary/aromatic N) is 4. The molecule has 1 aromatic heterocycles. The van der Waals surface area contributed by atoms with Gasteiger partial charge in [-0.25, -0.2) is 22.4 Å². The van der Waals surface area contributed by atoms with Crippen LogP contribution in [0.25, 0.3) is 11.1 Å². The average molecular weight is 661 g/mol. The second-order valence-corrected chi connectivity index (χ2v) is 13.3. The molecule has 3 unspecified atom stereocenters. The molecule has 1 aliphatic heterocycles. The lowest BCUT2D eigenvalue weighted by molar-refractivity contribution is 0.0512. The van der Waals surface area contributed by atoms with E-state index in [1.807, 2.05) is 18.2 Å². The lowest BCUT2D eigenvalue weighted by Gasteiger charge is -2.36. The Morgan fingerprint density at radius 3 is 2.43 bits per heavy atom. The van der Waals surface area contributed by atoms with Crippen LogP contribution in [0.3, 0.4) is 0 Å². The van der Waals surface area contributed by atoms with Crippen molar-refractivity contribution in [3.8, 4) is 11.1 Å². The summed E-state index contributed by atoms with van der Waals surface area (Å²) < 4.78 is 61.9. The summed E-state index contributed by atoms with van der Waals surface area (Å²) in [4.78, 5) is 16.9. The summed E-state index contributed by atoms with van der Waals surface area (Å²) in [5.74, 6) is -3.71. The average Bonchev–Trinajstić information content (AvgIpc) is 3.39. The maximum atomic E-state index is 14.4. The molecule has 0 amide bonds. The summed E-state index contributed by atoms with van der Waals surface area (Å²) >= 11 is 6.55. The van der Waals surface area contributed by atoms with Crippen molar-refractivity contribution in [1.82, 2.24) is 14.7 Å². The van der Waals surface area contributed by atoms with Crippen LogP contribution in [-0.4, -0.2) is 65.9 Å². The topological polar surface area (TPSA) is 50.6 Å². The third-order valence-electron chi connectivity index (χ3n) is 9.83. The van der Waals surface area contributed by atoms with E-state index in [0.717, 1.165) is 74.2 Å². The van der Waals surface area contributed by atoms with E-state index < -0.39 is 24.2 Å². The van der Waals surface area contributed by atoms with Crippen LogP contribution < -0.4 is 4.90 Å². The minimum absolute atomic E-state index is 0.0132. The zero-order valence-corrected chi connectivity index (χ0v) is 26.9. The number of ether oxygens (including phenoxy) is 1. The van der Waals surface area contributed by atoms with Gasteiger partial charge in [-0.05, 0) is 73.1 Å². The first-order chi connectivity index (χ1) is 22.1. The van der Waals surface area contributed by atoms with E-state index >= 15 is 0 Å². The van der Waals surface area contributed by atoms with Gasteiger partial charge in [-0.1, -0.05) is 49.1 Å². The van der Waals surface area contributed by atoms with E-state index in [9.17, 15) is 22.4 Å². The number of aromatic nitrogens is 2. The van der Waals surface area contributed by atoms with Crippen molar-refractivity contribution in [2.75, 3.05) is 44.2 Å². The second kappa shape index (κ2) is 13.9. The summed E-state index contributed by atoms with van der Waals surface area (Å²) in [7, 11) is 0. The van der Waals surface area contributed by atoms with Gasteiger partial charge in [-0.2, -0.15) is 5.10 Å². The molecular weight excluding hydrogens is 620 g/mol. The zero-order chi connectivity index (χ0) is 32.4. The number of esters is 1. The highest BCUT2D eigenvalue weighted by Crippen LogP contribution is 2.49. The number of carbonyl (C=O) groups excluding carboxylic acids is 1. The van der Waals surface area contributed by atoms with Crippen LogP contribution in [0.5, 0.6) is 0 Å². The van der Waals surface area contributed by atoms with Gasteiger partial charge in [0.15, 0.2) is 0 Å². The Kier molecular flexibility index (Phi) is 9.94. The van der Waals surface area contributed by atoms with Crippen molar-refractivity contribution in [3.63, 3.8) is 0 Å². The Morgan fingerprint density at radius 2 is 1.76 bits per heavy atom. The fraction of sp³-hybridized carbons (Fsp3) is 0.543. The minimum atomic E-state index is -2.86. The van der Waals surface area contributed by atoms with Crippen LogP contribution in [0, 0.1) is 5.92 Å². The maximum absolute atomic E-state index is 14.4. The molecule has 1 saturated heterocycles. The van der Waals surface area contributed by atoms with Gasteiger partial charge in [-0.3, -0.25) is 9.58 Å². The number of anilines is 1. The molecule has 3 aromatic rings. The first-order valence-electron chi connectivity index (χ1n) is 16.4. The predicted molar refractivity (Wildman–Crippen MR) is 171 cm³/mol. The van der Waals surface area contributed by atoms with Crippen molar-refractivity contribution >= 4 is 23.3 Å². The SMILES string of the molecule is CCOC(=O)c1cnn(C2CCCCCC(c3cc(Cl)ccc3-c3ccc(N4CCN(CC5CC5(F)F)CC4)cc3)C2)c1C(F)F. The Bertz CT molecular complexity index is 1510. The lowest BCUT2D eigenvalue weighted by Crippen LogP contribution is -2.47. The third kappa shape index (κ3) is 7.23. The van der Waals surface area contributed by atoms with Gasteiger partial charge < -0.3 is 9.64 Å². The van der Waals surface area contributed by atoms with E-state index in [-0.39, 0.29) is 36.2 Å². The molecule has 11 heteroatoms. The highest BCUT2D eigenvalue weighted by Gasteiger charge is 2.57. The highest BCUT2D eigenvalue weighted by atomic mass is 35.5. The third-order valence-corrected chi connectivity index (χ3v) is 10.1. The van der Waals surface area contributed by atoms with E-state index in [2.05, 4.69) is 39.2 Å². The number of hydrogen-bond donors (Lipinski definition) is 0. The molecule has 6 nitrogen and oxygen atoms in total. The van der Waals surface area contributed by atoms with Crippen LogP contribution in [0.4, 0.5) is 23.2 Å². The Morgan fingerprint density at radius 1 is 1.04 bits per heavy atom. The number of benzene rings is 2. The molecule has 0 spiro atoms. The van der Waals surface area contributed by atoms with E-state index in [1.165, 1.54) is 10.9 Å². The molecule has 3 aliphatic rings. The second-order valence-electron chi connectivity index (χ2n) is 12.9. The molecule has 2 aromatic carbocycles. The van der Waals surface area contributed by atoms with Gasteiger partial charge in [0, 0.05) is 55.8 Å². The highest BCUT2D eigenvalue weighted by molar-refractivity contribution is 6.30. The molecule has 3 fully saturated rings. The largest absolute Gasteiger partial charge is 0.462 e. The van der Waals surface area contributed by atoms with E-state index in [4.69, 9.17) is 16.3 Å². The molecule has 6 rings (SSSR count). The summed E-state index contributed by atoms with van der Waals surface area (Å²) in [5, 5.41) is 4.93. The monoisotopic (exact) mass is 660 g/mol. The zero-order valence-electron chi connectivity index (χ0n) is 26.1. The molecule has 2 aliphatic carbocycles. The number of rotatable bonds is 9. The smallest absolute Gasteiger partial charge is 0.341 e. The number of piperazine rings is 1. The van der Waals surface area contributed by atoms with Crippen molar-refractivity contribution < 1.29 is 27.1 Å².